The number of carbonyl (C=O) groups is 1. The molecule has 1 saturated heterocycles. The minimum atomic E-state index is -3.32. The molecule has 5 nitrogen and oxygen atoms in total. The quantitative estimate of drug-likeness (QED) is 0.683. The smallest absolute Gasteiger partial charge is 0.215 e. The number of benzene rings is 1. The minimum Gasteiger partial charge on any atom is -0.299 e. The minimum absolute atomic E-state index is 0.0208. The first-order valence-corrected chi connectivity index (χ1v) is 11.8. The summed E-state index contributed by atoms with van der Waals surface area (Å²) in [5.41, 5.74) is 1.96. The Kier molecular flexibility index (Phi) is 6.81. The van der Waals surface area contributed by atoms with Crippen LogP contribution in [-0.4, -0.2) is 38.7 Å². The molecule has 146 valence electrons. The van der Waals surface area contributed by atoms with Gasteiger partial charge in [0.15, 0.2) is 5.78 Å². The van der Waals surface area contributed by atoms with Crippen molar-refractivity contribution in [3.8, 4) is 0 Å². The van der Waals surface area contributed by atoms with Crippen LogP contribution in [0.4, 0.5) is 0 Å². The number of ketones is 1. The summed E-state index contributed by atoms with van der Waals surface area (Å²) in [5.74, 6) is 0.443. The van der Waals surface area contributed by atoms with Crippen molar-refractivity contribution in [2.45, 2.75) is 32.1 Å². The van der Waals surface area contributed by atoms with Crippen LogP contribution < -0.4 is 4.72 Å². The van der Waals surface area contributed by atoms with Crippen molar-refractivity contribution in [3.05, 3.63) is 57.8 Å². The number of thiophene rings is 1. The molecule has 1 N–H and O–H groups in total. The van der Waals surface area contributed by atoms with Crippen LogP contribution in [0.5, 0.6) is 0 Å². The van der Waals surface area contributed by atoms with Gasteiger partial charge >= 0.3 is 0 Å². The fraction of sp³-hybridized carbons (Fsp3) is 0.450. The molecule has 27 heavy (non-hydrogen) atoms. The van der Waals surface area contributed by atoms with Crippen molar-refractivity contribution in [2.24, 2.45) is 5.92 Å². The van der Waals surface area contributed by atoms with Crippen LogP contribution in [0.2, 0.25) is 0 Å². The number of hydrogen-bond acceptors (Lipinski definition) is 5. The van der Waals surface area contributed by atoms with E-state index in [1.807, 2.05) is 41.8 Å². The summed E-state index contributed by atoms with van der Waals surface area (Å²) in [4.78, 5) is 14.6. The van der Waals surface area contributed by atoms with Crippen molar-refractivity contribution < 1.29 is 13.2 Å². The molecular formula is C20H26N2O3S2. The molecule has 0 spiro atoms. The van der Waals surface area contributed by atoms with Crippen LogP contribution in [0.1, 0.15) is 40.6 Å². The van der Waals surface area contributed by atoms with Gasteiger partial charge in [0.05, 0.1) is 10.6 Å². The lowest BCUT2D eigenvalue weighted by Crippen LogP contribution is -2.40. The molecule has 0 bridgehead atoms. The maximum absolute atomic E-state index is 12.3. The molecule has 0 aliphatic carbocycles. The van der Waals surface area contributed by atoms with E-state index >= 15 is 0 Å². The van der Waals surface area contributed by atoms with Crippen molar-refractivity contribution >= 4 is 27.1 Å². The fourth-order valence-corrected chi connectivity index (χ4v) is 5.48. The molecule has 1 aliphatic heterocycles. The highest BCUT2D eigenvalue weighted by Gasteiger charge is 2.22. The third-order valence-electron chi connectivity index (χ3n) is 4.80. The van der Waals surface area contributed by atoms with Crippen molar-refractivity contribution in [2.75, 3.05) is 19.6 Å². The van der Waals surface area contributed by atoms with E-state index in [2.05, 4.69) is 9.62 Å². The maximum atomic E-state index is 12.3. The Morgan fingerprint density at radius 3 is 2.74 bits per heavy atom. The van der Waals surface area contributed by atoms with Gasteiger partial charge in [0.25, 0.3) is 0 Å². The lowest BCUT2D eigenvalue weighted by atomic mass is 9.98. The van der Waals surface area contributed by atoms with E-state index in [1.165, 1.54) is 11.3 Å². The SMILES string of the molecule is CC(=O)c1cc(CN2CCCC(CNS(=O)(=O)Cc3ccccc3)C2)cs1. The van der Waals surface area contributed by atoms with Gasteiger partial charge in [-0.3, -0.25) is 9.69 Å². The third kappa shape index (κ3) is 6.24. The highest BCUT2D eigenvalue weighted by Crippen LogP contribution is 2.21. The number of nitrogens with one attached hydrogen (secondary N) is 1. The molecule has 3 rings (SSSR count). The number of sulfonamides is 1. The summed E-state index contributed by atoms with van der Waals surface area (Å²) in [6, 6.07) is 11.2. The van der Waals surface area contributed by atoms with Gasteiger partial charge in [0.2, 0.25) is 10.0 Å². The number of nitrogens with zero attached hydrogens (tertiary/aromatic N) is 1. The second-order valence-corrected chi connectivity index (χ2v) is 9.93. The molecule has 1 aliphatic rings. The second-order valence-electron chi connectivity index (χ2n) is 7.21. The van der Waals surface area contributed by atoms with E-state index in [-0.39, 0.29) is 11.5 Å². The van der Waals surface area contributed by atoms with Gasteiger partial charge in [0.1, 0.15) is 0 Å². The Morgan fingerprint density at radius 1 is 1.26 bits per heavy atom. The molecule has 0 amide bonds. The zero-order valence-corrected chi connectivity index (χ0v) is 17.2. The summed E-state index contributed by atoms with van der Waals surface area (Å²) in [5, 5.41) is 2.04. The number of rotatable bonds is 8. The molecule has 0 radical (unpaired) electrons. The zero-order chi connectivity index (χ0) is 19.3. The van der Waals surface area contributed by atoms with Gasteiger partial charge in [-0.15, -0.1) is 11.3 Å². The first-order chi connectivity index (χ1) is 12.9. The first kappa shape index (κ1) is 20.2. The normalized spacial score (nSPS) is 18.5. The average molecular weight is 407 g/mol. The van der Waals surface area contributed by atoms with Crippen LogP contribution in [-0.2, 0) is 22.3 Å². The molecule has 1 unspecified atom stereocenters. The predicted molar refractivity (Wildman–Crippen MR) is 109 cm³/mol. The van der Waals surface area contributed by atoms with Crippen LogP contribution in [0.3, 0.4) is 0 Å². The van der Waals surface area contributed by atoms with Gasteiger partial charge in [-0.1, -0.05) is 30.3 Å². The molecule has 1 aromatic carbocycles. The Morgan fingerprint density at radius 2 is 2.04 bits per heavy atom. The number of Topliss-reactive ketones (excluding diaryl/α,β-unsaturated/α-hetero) is 1. The lowest BCUT2D eigenvalue weighted by molar-refractivity contribution is 0.102. The van der Waals surface area contributed by atoms with Gasteiger partial charge in [-0.25, -0.2) is 13.1 Å². The topological polar surface area (TPSA) is 66.5 Å². The summed E-state index contributed by atoms with van der Waals surface area (Å²) >= 11 is 1.49. The molecule has 2 aromatic rings. The van der Waals surface area contributed by atoms with E-state index in [0.29, 0.717) is 12.5 Å². The maximum Gasteiger partial charge on any atom is 0.215 e. The molecule has 1 atom stereocenters. The third-order valence-corrected chi connectivity index (χ3v) is 7.20. The standard InChI is InChI=1S/C20H26N2O3S2/c1-16(23)20-10-19(14-26-20)13-22-9-5-8-18(12-22)11-21-27(24,25)15-17-6-3-2-4-7-17/h2-4,6-7,10,14,18,21H,5,8-9,11-13,15H2,1H3. The van der Waals surface area contributed by atoms with E-state index in [9.17, 15) is 13.2 Å². The first-order valence-electron chi connectivity index (χ1n) is 9.23. The van der Waals surface area contributed by atoms with Crippen molar-refractivity contribution in [1.29, 1.82) is 0 Å². The van der Waals surface area contributed by atoms with E-state index in [0.717, 1.165) is 48.5 Å². The Bertz CT molecular complexity index is 862. The summed E-state index contributed by atoms with van der Waals surface area (Å²) in [7, 11) is -3.32. The molecular weight excluding hydrogens is 380 g/mol. The Labute approximate surface area is 165 Å². The molecule has 1 aromatic heterocycles. The summed E-state index contributed by atoms with van der Waals surface area (Å²) in [6.45, 7) is 4.77. The fourth-order valence-electron chi connectivity index (χ4n) is 3.45. The largest absolute Gasteiger partial charge is 0.299 e. The lowest BCUT2D eigenvalue weighted by Gasteiger charge is -2.32. The molecule has 0 saturated carbocycles. The second kappa shape index (κ2) is 9.10. The van der Waals surface area contributed by atoms with E-state index in [4.69, 9.17) is 0 Å². The monoisotopic (exact) mass is 406 g/mol. The number of likely N-dealkylation sites (tertiary alicyclic amines) is 1. The van der Waals surface area contributed by atoms with Gasteiger partial charge in [0, 0.05) is 19.6 Å². The Balaban J connectivity index is 1.49. The summed E-state index contributed by atoms with van der Waals surface area (Å²) in [6.07, 6.45) is 2.10. The van der Waals surface area contributed by atoms with Crippen molar-refractivity contribution in [1.82, 2.24) is 9.62 Å². The van der Waals surface area contributed by atoms with Crippen LogP contribution in [0, 0.1) is 5.92 Å². The van der Waals surface area contributed by atoms with Crippen LogP contribution in [0.25, 0.3) is 0 Å². The van der Waals surface area contributed by atoms with Crippen molar-refractivity contribution in [3.63, 3.8) is 0 Å². The van der Waals surface area contributed by atoms with Gasteiger partial charge < -0.3 is 0 Å². The zero-order valence-electron chi connectivity index (χ0n) is 15.6. The number of carbonyl (C=O) groups excluding carboxylic acids is 1. The summed E-state index contributed by atoms with van der Waals surface area (Å²) < 4.78 is 27.4. The highest BCUT2D eigenvalue weighted by atomic mass is 32.2. The van der Waals surface area contributed by atoms with E-state index in [1.54, 1.807) is 6.92 Å². The van der Waals surface area contributed by atoms with E-state index < -0.39 is 10.0 Å². The predicted octanol–water partition coefficient (Wildman–Crippen LogP) is 3.28. The number of piperidine rings is 1. The average Bonchev–Trinajstić information content (AvgIpc) is 3.10. The molecule has 2 heterocycles. The highest BCUT2D eigenvalue weighted by molar-refractivity contribution is 7.88. The Hall–Kier alpha value is -1.54. The van der Waals surface area contributed by atoms with Gasteiger partial charge in [-0.2, -0.15) is 0 Å². The van der Waals surface area contributed by atoms with Crippen LogP contribution in [0.15, 0.2) is 41.8 Å². The molecule has 7 heteroatoms. The van der Waals surface area contributed by atoms with Crippen LogP contribution >= 0.6 is 11.3 Å². The van der Waals surface area contributed by atoms with Gasteiger partial charge in [-0.05, 0) is 54.8 Å². The number of hydrogen-bond donors (Lipinski definition) is 1. The molecule has 1 fully saturated rings.